The van der Waals surface area contributed by atoms with Gasteiger partial charge in [-0.2, -0.15) is 0 Å². The highest BCUT2D eigenvalue weighted by atomic mass is 16.2. The molecule has 2 radical (unpaired) electrons. The van der Waals surface area contributed by atoms with E-state index in [0.717, 1.165) is 43.2 Å². The van der Waals surface area contributed by atoms with Gasteiger partial charge in [0.2, 0.25) is 0 Å². The highest BCUT2D eigenvalue weighted by molar-refractivity contribution is 6.26. The molecule has 0 fully saturated rings. The Labute approximate surface area is 174 Å². The SMILES string of the molecule is C=C/C=C\c1c(-c2c(/C=C\C=C)c(C=C)n([B]O)c2C=C)c(C=C)n([B]O)c1C. The number of hydrogen-bond donors (Lipinski definition) is 2. The summed E-state index contributed by atoms with van der Waals surface area (Å²) in [4.78, 5) is 0. The molecule has 144 valence electrons. The maximum atomic E-state index is 9.91. The van der Waals surface area contributed by atoms with Gasteiger partial charge in [-0.1, -0.05) is 69.4 Å². The molecular formula is C23H24B2N2O2. The Kier molecular flexibility index (Phi) is 7.48. The van der Waals surface area contributed by atoms with Crippen LogP contribution in [0.4, 0.5) is 0 Å². The van der Waals surface area contributed by atoms with E-state index >= 15 is 0 Å². The third-order valence-electron chi connectivity index (χ3n) is 4.72. The molecule has 2 aromatic rings. The van der Waals surface area contributed by atoms with Crippen molar-refractivity contribution in [1.82, 2.24) is 8.96 Å². The number of allylic oxidation sites excluding steroid dienone is 4. The molecular weight excluding hydrogens is 358 g/mol. The second-order valence-corrected chi connectivity index (χ2v) is 6.09. The quantitative estimate of drug-likeness (QED) is 0.475. The lowest BCUT2D eigenvalue weighted by atomic mass is 9.94. The first-order valence-electron chi connectivity index (χ1n) is 9.00. The standard InChI is InChI=1S/C23H24B2N2O2/c1-7-12-14-17-16(6)26(24-28)20(10-4)22(17)23-18(15-13-8-2)19(9-3)27(25-29)21(23)11-5/h7-15,28-29H,1-5H2,6H3/b14-12-,15-13-. The third kappa shape index (κ3) is 3.73. The van der Waals surface area contributed by atoms with Gasteiger partial charge in [-0.25, -0.2) is 0 Å². The fourth-order valence-corrected chi connectivity index (χ4v) is 3.50. The molecule has 0 bridgehead atoms. The zero-order valence-electron chi connectivity index (χ0n) is 16.7. The lowest BCUT2D eigenvalue weighted by Gasteiger charge is -2.09. The van der Waals surface area contributed by atoms with Gasteiger partial charge in [0.1, 0.15) is 0 Å². The van der Waals surface area contributed by atoms with E-state index in [1.807, 2.05) is 31.2 Å². The van der Waals surface area contributed by atoms with Crippen molar-refractivity contribution >= 4 is 45.6 Å². The Morgan fingerprint density at radius 2 is 1.14 bits per heavy atom. The van der Waals surface area contributed by atoms with Crippen LogP contribution in [0.2, 0.25) is 0 Å². The molecule has 0 unspecified atom stereocenters. The normalized spacial score (nSPS) is 11.0. The van der Waals surface area contributed by atoms with E-state index in [9.17, 15) is 10.0 Å². The first kappa shape index (κ1) is 22.1. The summed E-state index contributed by atoms with van der Waals surface area (Å²) in [5, 5.41) is 19.8. The Hall–Kier alpha value is -3.21. The molecule has 2 rings (SSSR count). The fourth-order valence-electron chi connectivity index (χ4n) is 3.50. The molecule has 0 aliphatic heterocycles. The molecule has 0 saturated carbocycles. The minimum absolute atomic E-state index is 0.678. The van der Waals surface area contributed by atoms with Gasteiger partial charge in [0.15, 0.2) is 0 Å². The summed E-state index contributed by atoms with van der Waals surface area (Å²) in [5.41, 5.74) is 6.27. The van der Waals surface area contributed by atoms with Crippen molar-refractivity contribution in [2.75, 3.05) is 0 Å². The van der Waals surface area contributed by atoms with Crippen molar-refractivity contribution in [1.29, 1.82) is 0 Å². The molecule has 0 saturated heterocycles. The van der Waals surface area contributed by atoms with Crippen LogP contribution in [0, 0.1) is 6.92 Å². The van der Waals surface area contributed by atoms with Crippen molar-refractivity contribution in [3.05, 3.63) is 91.1 Å². The Balaban J connectivity index is 3.15. The Morgan fingerprint density at radius 3 is 1.59 bits per heavy atom. The number of aromatic nitrogens is 2. The van der Waals surface area contributed by atoms with Crippen LogP contribution in [-0.4, -0.2) is 34.2 Å². The van der Waals surface area contributed by atoms with Crippen LogP contribution in [-0.2, 0) is 0 Å². The Morgan fingerprint density at radius 1 is 0.690 bits per heavy atom. The van der Waals surface area contributed by atoms with Gasteiger partial charge in [0.25, 0.3) is 0 Å². The van der Waals surface area contributed by atoms with E-state index in [0.29, 0.717) is 17.1 Å². The van der Waals surface area contributed by atoms with Crippen LogP contribution in [0.25, 0.3) is 41.5 Å². The lowest BCUT2D eigenvalue weighted by molar-refractivity contribution is 0.586. The number of rotatable bonds is 10. The van der Waals surface area contributed by atoms with Gasteiger partial charge in [0, 0.05) is 45.0 Å². The zero-order chi connectivity index (χ0) is 21.6. The predicted molar refractivity (Wildman–Crippen MR) is 128 cm³/mol. The topological polar surface area (TPSA) is 50.3 Å². The summed E-state index contributed by atoms with van der Waals surface area (Å²) in [6.45, 7) is 21.2. The van der Waals surface area contributed by atoms with Crippen LogP contribution >= 0.6 is 0 Å². The minimum atomic E-state index is 0.678. The van der Waals surface area contributed by atoms with E-state index in [1.54, 1.807) is 39.3 Å². The van der Waals surface area contributed by atoms with Crippen LogP contribution in [0.1, 0.15) is 33.9 Å². The summed E-state index contributed by atoms with van der Waals surface area (Å²) in [5.74, 6) is 0. The highest BCUT2D eigenvalue weighted by Crippen LogP contribution is 2.42. The molecule has 2 aromatic heterocycles. The van der Waals surface area contributed by atoms with Crippen LogP contribution in [0.5, 0.6) is 0 Å². The second-order valence-electron chi connectivity index (χ2n) is 6.09. The smallest absolute Gasteiger partial charge is 0.435 e. The summed E-state index contributed by atoms with van der Waals surface area (Å²) in [6, 6.07) is 0. The van der Waals surface area contributed by atoms with E-state index < -0.39 is 0 Å². The van der Waals surface area contributed by atoms with E-state index in [-0.39, 0.29) is 0 Å². The molecule has 4 nitrogen and oxygen atoms in total. The van der Waals surface area contributed by atoms with Crippen molar-refractivity contribution in [3.8, 4) is 11.1 Å². The van der Waals surface area contributed by atoms with Gasteiger partial charge < -0.3 is 19.0 Å². The summed E-state index contributed by atoms with van der Waals surface area (Å²) in [6.07, 6.45) is 15.8. The number of hydrogen-bond acceptors (Lipinski definition) is 2. The van der Waals surface area contributed by atoms with Gasteiger partial charge in [-0.3, -0.25) is 0 Å². The second kappa shape index (κ2) is 9.82. The molecule has 0 aromatic carbocycles. The van der Waals surface area contributed by atoms with Crippen molar-refractivity contribution in [2.24, 2.45) is 0 Å². The molecule has 6 heteroatoms. The molecule has 0 aliphatic rings. The molecule has 0 atom stereocenters. The minimum Gasteiger partial charge on any atom is -0.435 e. The maximum Gasteiger partial charge on any atom is 0.441 e. The van der Waals surface area contributed by atoms with E-state index in [4.69, 9.17) is 0 Å². The van der Waals surface area contributed by atoms with Gasteiger partial charge in [0.05, 0.1) is 0 Å². The molecule has 0 aliphatic carbocycles. The molecule has 0 amide bonds. The van der Waals surface area contributed by atoms with Crippen LogP contribution in [0.15, 0.2) is 57.2 Å². The third-order valence-corrected chi connectivity index (χ3v) is 4.72. The average Bonchev–Trinajstić information content (AvgIpc) is 3.19. The maximum absolute atomic E-state index is 9.91. The van der Waals surface area contributed by atoms with Crippen LogP contribution in [0.3, 0.4) is 0 Å². The first-order chi connectivity index (χ1) is 14.1. The lowest BCUT2D eigenvalue weighted by Crippen LogP contribution is -2.09. The molecule has 0 spiro atoms. The van der Waals surface area contributed by atoms with Gasteiger partial charge >= 0.3 is 15.2 Å². The average molecular weight is 382 g/mol. The fraction of sp³-hybridized carbons (Fsp3) is 0.0435. The first-order valence-corrected chi connectivity index (χ1v) is 9.00. The van der Waals surface area contributed by atoms with E-state index in [2.05, 4.69) is 32.9 Å². The monoisotopic (exact) mass is 382 g/mol. The Bertz CT molecular complexity index is 1040. The van der Waals surface area contributed by atoms with Crippen molar-refractivity contribution in [2.45, 2.75) is 6.92 Å². The van der Waals surface area contributed by atoms with E-state index in [1.165, 1.54) is 0 Å². The molecule has 2 heterocycles. The van der Waals surface area contributed by atoms with Gasteiger partial charge in [-0.05, 0) is 25.2 Å². The largest absolute Gasteiger partial charge is 0.441 e. The van der Waals surface area contributed by atoms with Crippen molar-refractivity contribution < 1.29 is 10.0 Å². The summed E-state index contributed by atoms with van der Waals surface area (Å²) < 4.78 is 3.27. The highest BCUT2D eigenvalue weighted by Gasteiger charge is 2.26. The predicted octanol–water partition coefficient (Wildman–Crippen LogP) is 4.34. The number of nitrogens with zero attached hydrogens (tertiary/aromatic N) is 2. The van der Waals surface area contributed by atoms with Crippen LogP contribution < -0.4 is 0 Å². The summed E-state index contributed by atoms with van der Waals surface area (Å²) in [7, 11) is 2.00. The van der Waals surface area contributed by atoms with Crippen molar-refractivity contribution in [3.63, 3.8) is 0 Å². The zero-order valence-corrected chi connectivity index (χ0v) is 16.7. The molecule has 2 N–H and O–H groups in total. The summed E-state index contributed by atoms with van der Waals surface area (Å²) >= 11 is 0. The van der Waals surface area contributed by atoms with Gasteiger partial charge in [-0.15, -0.1) is 0 Å². The molecule has 29 heavy (non-hydrogen) atoms.